The van der Waals surface area contributed by atoms with Gasteiger partial charge in [-0.15, -0.1) is 0 Å². The fourth-order valence-electron chi connectivity index (χ4n) is 1.08. The summed E-state index contributed by atoms with van der Waals surface area (Å²) in [7, 11) is -2.78. The molecule has 0 aromatic rings. The summed E-state index contributed by atoms with van der Waals surface area (Å²) in [6.45, 7) is 3.14. The summed E-state index contributed by atoms with van der Waals surface area (Å²) in [5.74, 6) is 1.01. The molecule has 1 aliphatic carbocycles. The molecule has 0 aromatic heterocycles. The molecule has 84 valence electrons. The Kier molecular flexibility index (Phi) is 4.73. The van der Waals surface area contributed by atoms with Crippen LogP contribution in [-0.2, 0) is 9.84 Å². The molecule has 0 saturated heterocycles. The first-order valence-corrected chi connectivity index (χ1v) is 8.11. The largest absolute Gasteiger partial charge is 0.313 e. The lowest BCUT2D eigenvalue weighted by Gasteiger charge is -2.11. The van der Waals surface area contributed by atoms with E-state index in [0.29, 0.717) is 16.8 Å². The summed E-state index contributed by atoms with van der Waals surface area (Å²) in [6, 6.07) is 0.743. The zero-order valence-electron chi connectivity index (χ0n) is 8.82. The molecule has 0 spiro atoms. The van der Waals surface area contributed by atoms with E-state index in [1.54, 1.807) is 11.8 Å². The van der Waals surface area contributed by atoms with E-state index in [0.717, 1.165) is 12.6 Å². The Bertz CT molecular complexity index is 260. The maximum absolute atomic E-state index is 10.9. The van der Waals surface area contributed by atoms with Gasteiger partial charge in [0.2, 0.25) is 0 Å². The highest BCUT2D eigenvalue weighted by Crippen LogP contribution is 2.19. The van der Waals surface area contributed by atoms with Gasteiger partial charge in [-0.2, -0.15) is 11.8 Å². The number of sulfone groups is 1. The molecule has 1 saturated carbocycles. The Morgan fingerprint density at radius 3 is 2.64 bits per heavy atom. The predicted molar refractivity (Wildman–Crippen MR) is 62.7 cm³/mol. The molecule has 5 heteroatoms. The third-order valence-electron chi connectivity index (χ3n) is 2.13. The van der Waals surface area contributed by atoms with Gasteiger partial charge in [0.1, 0.15) is 9.84 Å². The summed E-state index contributed by atoms with van der Waals surface area (Å²) in [6.07, 6.45) is 3.90. The summed E-state index contributed by atoms with van der Waals surface area (Å²) in [5, 5.41) is 3.95. The Morgan fingerprint density at radius 2 is 2.14 bits per heavy atom. The van der Waals surface area contributed by atoms with Crippen LogP contribution in [0.5, 0.6) is 0 Å². The topological polar surface area (TPSA) is 46.2 Å². The minimum Gasteiger partial charge on any atom is -0.313 e. The van der Waals surface area contributed by atoms with Crippen LogP contribution in [-0.4, -0.2) is 44.0 Å². The van der Waals surface area contributed by atoms with Crippen LogP contribution in [0.25, 0.3) is 0 Å². The van der Waals surface area contributed by atoms with Gasteiger partial charge >= 0.3 is 0 Å². The van der Waals surface area contributed by atoms with E-state index in [2.05, 4.69) is 12.2 Å². The smallest absolute Gasteiger partial charge is 0.148 e. The van der Waals surface area contributed by atoms with E-state index >= 15 is 0 Å². The normalized spacial score (nSPS) is 19.6. The molecule has 1 fully saturated rings. The third-order valence-corrected chi connectivity index (χ3v) is 4.51. The highest BCUT2D eigenvalue weighted by atomic mass is 32.2. The highest BCUT2D eigenvalue weighted by molar-refractivity contribution is 8.01. The lowest BCUT2D eigenvalue weighted by molar-refractivity contribution is 0.603. The fraction of sp³-hybridized carbons (Fsp3) is 1.00. The van der Waals surface area contributed by atoms with E-state index < -0.39 is 9.84 Å². The standard InChI is InChI=1S/C9H19NO2S2/c1-8(7-10-9-3-4-9)13-5-6-14(2,11)12/h8-10H,3-7H2,1-2H3. The molecule has 3 nitrogen and oxygen atoms in total. The fourth-order valence-corrected chi connectivity index (χ4v) is 3.29. The van der Waals surface area contributed by atoms with Crippen LogP contribution < -0.4 is 5.32 Å². The average molecular weight is 237 g/mol. The molecule has 0 aliphatic heterocycles. The second-order valence-electron chi connectivity index (χ2n) is 3.99. The van der Waals surface area contributed by atoms with Crippen molar-refractivity contribution in [3.05, 3.63) is 0 Å². The van der Waals surface area contributed by atoms with Gasteiger partial charge in [-0.3, -0.25) is 0 Å². The van der Waals surface area contributed by atoms with Crippen LogP contribution in [0.15, 0.2) is 0 Å². The van der Waals surface area contributed by atoms with Gasteiger partial charge in [0, 0.05) is 29.8 Å². The maximum Gasteiger partial charge on any atom is 0.148 e. The Labute approximate surface area is 91.0 Å². The van der Waals surface area contributed by atoms with Crippen molar-refractivity contribution >= 4 is 21.6 Å². The van der Waals surface area contributed by atoms with Gasteiger partial charge < -0.3 is 5.32 Å². The van der Waals surface area contributed by atoms with Crippen molar-refractivity contribution in [2.75, 3.05) is 24.3 Å². The molecule has 0 bridgehead atoms. The van der Waals surface area contributed by atoms with Crippen molar-refractivity contribution in [3.8, 4) is 0 Å². The van der Waals surface area contributed by atoms with Crippen molar-refractivity contribution in [3.63, 3.8) is 0 Å². The molecule has 1 N–H and O–H groups in total. The first kappa shape index (κ1) is 12.3. The maximum atomic E-state index is 10.9. The second-order valence-corrected chi connectivity index (χ2v) is 7.80. The molecule has 1 aliphatic rings. The van der Waals surface area contributed by atoms with E-state index in [1.165, 1.54) is 19.1 Å². The number of hydrogen-bond acceptors (Lipinski definition) is 4. The second kappa shape index (κ2) is 5.37. The van der Waals surface area contributed by atoms with Crippen molar-refractivity contribution in [1.82, 2.24) is 5.32 Å². The van der Waals surface area contributed by atoms with Gasteiger partial charge in [-0.25, -0.2) is 8.42 Å². The zero-order valence-corrected chi connectivity index (χ0v) is 10.5. The van der Waals surface area contributed by atoms with Crippen molar-refractivity contribution < 1.29 is 8.42 Å². The highest BCUT2D eigenvalue weighted by Gasteiger charge is 2.20. The lowest BCUT2D eigenvalue weighted by atomic mass is 10.4. The van der Waals surface area contributed by atoms with E-state index in [1.807, 2.05) is 0 Å². The van der Waals surface area contributed by atoms with Gasteiger partial charge in [0.15, 0.2) is 0 Å². The van der Waals surface area contributed by atoms with Gasteiger partial charge in [0.05, 0.1) is 5.75 Å². The molecular formula is C9H19NO2S2. The molecule has 0 amide bonds. The van der Waals surface area contributed by atoms with Gasteiger partial charge in [0.25, 0.3) is 0 Å². The van der Waals surface area contributed by atoms with Crippen LogP contribution in [0, 0.1) is 0 Å². The van der Waals surface area contributed by atoms with Crippen LogP contribution in [0.1, 0.15) is 19.8 Å². The third kappa shape index (κ3) is 6.68. The molecule has 0 heterocycles. The van der Waals surface area contributed by atoms with Gasteiger partial charge in [-0.1, -0.05) is 6.92 Å². The molecule has 14 heavy (non-hydrogen) atoms. The Morgan fingerprint density at radius 1 is 1.50 bits per heavy atom. The average Bonchev–Trinajstić information content (AvgIpc) is 2.81. The van der Waals surface area contributed by atoms with E-state index in [9.17, 15) is 8.42 Å². The Balaban J connectivity index is 1.99. The molecule has 1 unspecified atom stereocenters. The van der Waals surface area contributed by atoms with E-state index in [-0.39, 0.29) is 0 Å². The minimum absolute atomic E-state index is 0.297. The number of hydrogen-bond donors (Lipinski definition) is 1. The monoisotopic (exact) mass is 237 g/mol. The number of thioether (sulfide) groups is 1. The molecule has 0 aromatic carbocycles. The van der Waals surface area contributed by atoms with Crippen LogP contribution >= 0.6 is 11.8 Å². The quantitative estimate of drug-likeness (QED) is 0.715. The van der Waals surface area contributed by atoms with E-state index in [4.69, 9.17) is 0 Å². The first-order valence-electron chi connectivity index (χ1n) is 5.00. The van der Waals surface area contributed by atoms with Crippen molar-refractivity contribution in [1.29, 1.82) is 0 Å². The lowest BCUT2D eigenvalue weighted by Crippen LogP contribution is -2.25. The first-order chi connectivity index (χ1) is 6.47. The van der Waals surface area contributed by atoms with Crippen LogP contribution in [0.2, 0.25) is 0 Å². The molecule has 1 rings (SSSR count). The van der Waals surface area contributed by atoms with Crippen LogP contribution in [0.3, 0.4) is 0 Å². The Hall–Kier alpha value is 0.260. The van der Waals surface area contributed by atoms with Crippen molar-refractivity contribution in [2.24, 2.45) is 0 Å². The van der Waals surface area contributed by atoms with Crippen LogP contribution in [0.4, 0.5) is 0 Å². The van der Waals surface area contributed by atoms with Gasteiger partial charge in [-0.05, 0) is 12.8 Å². The molecular weight excluding hydrogens is 218 g/mol. The summed E-state index contributed by atoms with van der Waals surface area (Å²) in [5.41, 5.74) is 0. The molecule has 1 atom stereocenters. The SMILES string of the molecule is CC(CNC1CC1)SCCS(C)(=O)=O. The molecule has 0 radical (unpaired) electrons. The van der Waals surface area contributed by atoms with Crippen molar-refractivity contribution in [2.45, 2.75) is 31.1 Å². The number of rotatable bonds is 7. The zero-order chi connectivity index (χ0) is 10.6. The summed E-state index contributed by atoms with van der Waals surface area (Å²) < 4.78 is 21.7. The summed E-state index contributed by atoms with van der Waals surface area (Å²) in [4.78, 5) is 0. The predicted octanol–water partition coefficient (Wildman–Crippen LogP) is 0.905. The minimum atomic E-state index is -2.78. The summed E-state index contributed by atoms with van der Waals surface area (Å²) >= 11 is 1.73. The number of nitrogens with one attached hydrogen (secondary N) is 1.